The molecule has 0 amide bonds. The van der Waals surface area contributed by atoms with Crippen molar-refractivity contribution in [3.8, 4) is 0 Å². The van der Waals surface area contributed by atoms with Crippen LogP contribution in [0.5, 0.6) is 0 Å². The highest BCUT2D eigenvalue weighted by molar-refractivity contribution is 7.10. The van der Waals surface area contributed by atoms with Crippen LogP contribution in [-0.2, 0) is 13.0 Å². The molecule has 0 aliphatic carbocycles. The van der Waals surface area contributed by atoms with Gasteiger partial charge in [0.1, 0.15) is 0 Å². The third kappa shape index (κ3) is 3.91. The molecule has 0 spiro atoms. The summed E-state index contributed by atoms with van der Waals surface area (Å²) < 4.78 is 0. The Morgan fingerprint density at radius 1 is 1.53 bits per heavy atom. The molecule has 3 nitrogen and oxygen atoms in total. The summed E-state index contributed by atoms with van der Waals surface area (Å²) in [6.07, 6.45) is 2.13. The molecule has 1 aromatic rings. The van der Waals surface area contributed by atoms with Gasteiger partial charge in [-0.2, -0.15) is 0 Å². The highest BCUT2D eigenvalue weighted by Crippen LogP contribution is 2.17. The van der Waals surface area contributed by atoms with E-state index in [0.717, 1.165) is 19.4 Å². The van der Waals surface area contributed by atoms with Crippen molar-refractivity contribution in [1.29, 1.82) is 0 Å². The fourth-order valence-electron chi connectivity index (χ4n) is 1.29. The van der Waals surface area contributed by atoms with Gasteiger partial charge in [0.05, 0.1) is 6.54 Å². The number of hydrogen-bond acceptors (Lipinski definition) is 2. The third-order valence-corrected chi connectivity index (χ3v) is 3.12. The van der Waals surface area contributed by atoms with Crippen LogP contribution in [0.3, 0.4) is 0 Å². The fraction of sp³-hybridized carbons (Fsp3) is 0.545. The zero-order valence-corrected chi connectivity index (χ0v) is 10.2. The molecule has 1 rings (SSSR count). The second-order valence-corrected chi connectivity index (χ2v) is 4.35. The number of nitrogens with two attached hydrogens (primary N) is 1. The van der Waals surface area contributed by atoms with E-state index in [9.17, 15) is 0 Å². The number of hydrogen-bond donors (Lipinski definition) is 2. The molecule has 84 valence electrons. The standard InChI is InChI=1S/C11H19N3S/c1-3-6-13-11(12)14-8-10-9(4-2)5-7-15-10/h5,7H,3-4,6,8H2,1-2H3,(H3,12,13,14). The maximum atomic E-state index is 5.71. The number of aryl methyl sites for hydroxylation is 1. The first-order valence-electron chi connectivity index (χ1n) is 5.37. The normalized spacial score (nSPS) is 11.7. The van der Waals surface area contributed by atoms with Crippen LogP contribution in [0.25, 0.3) is 0 Å². The van der Waals surface area contributed by atoms with Crippen LogP contribution in [0.1, 0.15) is 30.7 Å². The Morgan fingerprint density at radius 3 is 3.00 bits per heavy atom. The van der Waals surface area contributed by atoms with Gasteiger partial charge in [0.2, 0.25) is 0 Å². The molecule has 4 heteroatoms. The lowest BCUT2D eigenvalue weighted by Gasteiger charge is -2.03. The van der Waals surface area contributed by atoms with Crippen molar-refractivity contribution in [2.45, 2.75) is 33.2 Å². The Labute approximate surface area is 95.4 Å². The zero-order chi connectivity index (χ0) is 11.1. The third-order valence-electron chi connectivity index (χ3n) is 2.17. The number of rotatable bonds is 5. The Morgan fingerprint density at radius 2 is 2.33 bits per heavy atom. The second kappa shape index (κ2) is 6.45. The Bertz CT molecular complexity index is 317. The number of guanidine groups is 1. The van der Waals surface area contributed by atoms with E-state index in [-0.39, 0.29) is 0 Å². The van der Waals surface area contributed by atoms with E-state index in [1.165, 1.54) is 10.4 Å². The van der Waals surface area contributed by atoms with Crippen molar-refractivity contribution in [2.24, 2.45) is 10.7 Å². The van der Waals surface area contributed by atoms with Gasteiger partial charge >= 0.3 is 0 Å². The summed E-state index contributed by atoms with van der Waals surface area (Å²) in [5.41, 5.74) is 7.09. The van der Waals surface area contributed by atoms with Crippen molar-refractivity contribution >= 4 is 17.3 Å². The van der Waals surface area contributed by atoms with Gasteiger partial charge in [-0.3, -0.25) is 0 Å². The van der Waals surface area contributed by atoms with Crippen molar-refractivity contribution in [2.75, 3.05) is 6.54 Å². The van der Waals surface area contributed by atoms with Gasteiger partial charge in [-0.25, -0.2) is 4.99 Å². The van der Waals surface area contributed by atoms with Crippen LogP contribution in [0.2, 0.25) is 0 Å². The summed E-state index contributed by atoms with van der Waals surface area (Å²) in [4.78, 5) is 5.62. The molecule has 0 aliphatic rings. The van der Waals surface area contributed by atoms with E-state index >= 15 is 0 Å². The lowest BCUT2D eigenvalue weighted by atomic mass is 10.2. The average molecular weight is 225 g/mol. The summed E-state index contributed by atoms with van der Waals surface area (Å²) in [5, 5.41) is 5.18. The SMILES string of the molecule is CCCNC(N)=NCc1sccc1CC. The molecule has 0 unspecified atom stereocenters. The molecule has 0 fully saturated rings. The van der Waals surface area contributed by atoms with Crippen LogP contribution in [-0.4, -0.2) is 12.5 Å². The maximum absolute atomic E-state index is 5.71. The molecule has 3 N–H and O–H groups in total. The second-order valence-electron chi connectivity index (χ2n) is 3.35. The summed E-state index contributed by atoms with van der Waals surface area (Å²) in [7, 11) is 0. The van der Waals surface area contributed by atoms with E-state index in [1.54, 1.807) is 11.3 Å². The summed E-state index contributed by atoms with van der Waals surface area (Å²) >= 11 is 1.75. The molecular formula is C11H19N3S. The minimum atomic E-state index is 0.548. The van der Waals surface area contributed by atoms with Crippen molar-refractivity contribution in [3.05, 3.63) is 21.9 Å². The average Bonchev–Trinajstić information content (AvgIpc) is 2.70. The largest absolute Gasteiger partial charge is 0.370 e. The van der Waals surface area contributed by atoms with Gasteiger partial charge in [-0.1, -0.05) is 13.8 Å². The molecule has 0 bridgehead atoms. The van der Waals surface area contributed by atoms with Crippen LogP contribution in [0.4, 0.5) is 0 Å². The van der Waals surface area contributed by atoms with Crippen molar-refractivity contribution < 1.29 is 0 Å². The quantitative estimate of drug-likeness (QED) is 0.596. The number of thiophene rings is 1. The van der Waals surface area contributed by atoms with Crippen molar-refractivity contribution in [1.82, 2.24) is 5.32 Å². The topological polar surface area (TPSA) is 50.4 Å². The maximum Gasteiger partial charge on any atom is 0.188 e. The molecule has 1 heterocycles. The number of nitrogens with zero attached hydrogens (tertiary/aromatic N) is 1. The van der Waals surface area contributed by atoms with Gasteiger partial charge in [0, 0.05) is 11.4 Å². The van der Waals surface area contributed by atoms with Crippen LogP contribution >= 0.6 is 11.3 Å². The van der Waals surface area contributed by atoms with Crippen molar-refractivity contribution in [3.63, 3.8) is 0 Å². The minimum absolute atomic E-state index is 0.548. The summed E-state index contributed by atoms with van der Waals surface area (Å²) in [6, 6.07) is 2.16. The van der Waals surface area contributed by atoms with E-state index in [1.807, 2.05) is 0 Å². The highest BCUT2D eigenvalue weighted by Gasteiger charge is 2.01. The van der Waals surface area contributed by atoms with Gasteiger partial charge in [0.15, 0.2) is 5.96 Å². The molecular weight excluding hydrogens is 206 g/mol. The van der Waals surface area contributed by atoms with Crippen LogP contribution in [0.15, 0.2) is 16.4 Å². The first-order chi connectivity index (χ1) is 7.27. The van der Waals surface area contributed by atoms with E-state index in [0.29, 0.717) is 12.5 Å². The zero-order valence-electron chi connectivity index (χ0n) is 9.42. The van der Waals surface area contributed by atoms with Gasteiger partial charge in [-0.15, -0.1) is 11.3 Å². The van der Waals surface area contributed by atoms with Crippen LogP contribution < -0.4 is 11.1 Å². The minimum Gasteiger partial charge on any atom is -0.370 e. The monoisotopic (exact) mass is 225 g/mol. The Hall–Kier alpha value is -1.03. The fourth-order valence-corrected chi connectivity index (χ4v) is 2.19. The van der Waals surface area contributed by atoms with E-state index < -0.39 is 0 Å². The lowest BCUT2D eigenvalue weighted by molar-refractivity contribution is 0.825. The molecule has 15 heavy (non-hydrogen) atoms. The van der Waals surface area contributed by atoms with Gasteiger partial charge < -0.3 is 11.1 Å². The Kier molecular flexibility index (Phi) is 5.18. The predicted molar refractivity (Wildman–Crippen MR) is 67.3 cm³/mol. The first kappa shape index (κ1) is 12.0. The molecule has 0 aliphatic heterocycles. The first-order valence-corrected chi connectivity index (χ1v) is 6.24. The van der Waals surface area contributed by atoms with Crippen LogP contribution in [0, 0.1) is 0 Å². The molecule has 0 atom stereocenters. The Balaban J connectivity index is 2.48. The molecule has 0 saturated carbocycles. The lowest BCUT2D eigenvalue weighted by Crippen LogP contribution is -2.32. The molecule has 0 saturated heterocycles. The highest BCUT2D eigenvalue weighted by atomic mass is 32.1. The summed E-state index contributed by atoms with van der Waals surface area (Å²) in [6.45, 7) is 5.85. The van der Waals surface area contributed by atoms with Gasteiger partial charge in [-0.05, 0) is 29.9 Å². The van der Waals surface area contributed by atoms with Gasteiger partial charge in [0.25, 0.3) is 0 Å². The number of aliphatic imine (C=N–C) groups is 1. The van der Waals surface area contributed by atoms with E-state index in [4.69, 9.17) is 5.73 Å². The molecule has 1 aromatic heterocycles. The molecule has 0 aromatic carbocycles. The van der Waals surface area contributed by atoms with E-state index in [2.05, 4.69) is 35.6 Å². The number of nitrogens with one attached hydrogen (secondary N) is 1. The smallest absolute Gasteiger partial charge is 0.188 e. The predicted octanol–water partition coefficient (Wildman–Crippen LogP) is 2.12. The summed E-state index contributed by atoms with van der Waals surface area (Å²) in [5.74, 6) is 0.548. The molecule has 0 radical (unpaired) electrons.